The van der Waals surface area contributed by atoms with Crippen LogP contribution in [0.3, 0.4) is 0 Å². The molecule has 0 saturated carbocycles. The van der Waals surface area contributed by atoms with Gasteiger partial charge in [-0.3, -0.25) is 9.59 Å². The van der Waals surface area contributed by atoms with Crippen LogP contribution in [0.5, 0.6) is 5.75 Å². The Hall–Kier alpha value is -3.51. The molecule has 0 radical (unpaired) electrons. The summed E-state index contributed by atoms with van der Waals surface area (Å²) in [5.41, 5.74) is 1.49. The summed E-state index contributed by atoms with van der Waals surface area (Å²) in [5, 5.41) is 15.2. The van der Waals surface area contributed by atoms with Crippen LogP contribution < -0.4 is 15.4 Å². The molecule has 202 valence electrons. The minimum absolute atomic E-state index is 0.116. The van der Waals surface area contributed by atoms with Gasteiger partial charge in [-0.15, -0.1) is 10.2 Å². The van der Waals surface area contributed by atoms with E-state index in [0.717, 1.165) is 5.75 Å². The zero-order valence-corrected chi connectivity index (χ0v) is 23.4. The molecule has 0 bridgehead atoms. The molecule has 1 aromatic heterocycles. The minimum Gasteiger partial charge on any atom is -0.497 e. The zero-order valence-electron chi connectivity index (χ0n) is 21.7. The molecule has 1 atom stereocenters. The van der Waals surface area contributed by atoms with E-state index < -0.39 is 5.97 Å². The third kappa shape index (κ3) is 7.75. The maximum atomic E-state index is 13.0. The Kier molecular flexibility index (Phi) is 11.0. The highest BCUT2D eigenvalue weighted by atomic mass is 32.2. The second kappa shape index (κ2) is 14.4. The third-order valence-electron chi connectivity index (χ3n) is 5.56. The molecule has 0 saturated heterocycles. The maximum absolute atomic E-state index is 13.0. The molecule has 0 aliphatic heterocycles. The van der Waals surface area contributed by atoms with Crippen LogP contribution in [0, 0.1) is 0 Å². The van der Waals surface area contributed by atoms with Crippen molar-refractivity contribution in [2.24, 2.45) is 0 Å². The fraction of sp³-hybridized carbons (Fsp3) is 0.346. The number of ether oxygens (including phenoxy) is 2. The Bertz CT molecular complexity index is 1230. The SMILES string of the molecule is CCn1c(SCC(=O)Nc2ccc(C(=O)OC)cc2)nnc1[C@@H](CCSC)NC(=O)c1ccc(OC)cc1. The molecule has 0 fully saturated rings. The number of anilines is 1. The van der Waals surface area contributed by atoms with Crippen molar-refractivity contribution in [1.82, 2.24) is 20.1 Å². The number of amides is 2. The van der Waals surface area contributed by atoms with E-state index in [9.17, 15) is 14.4 Å². The number of benzene rings is 2. The van der Waals surface area contributed by atoms with E-state index in [1.807, 2.05) is 17.7 Å². The quantitative estimate of drug-likeness (QED) is 0.237. The highest BCUT2D eigenvalue weighted by Crippen LogP contribution is 2.24. The molecule has 10 nitrogen and oxygen atoms in total. The molecule has 2 N–H and O–H groups in total. The number of nitrogens with zero attached hydrogens (tertiary/aromatic N) is 3. The molecule has 3 rings (SSSR count). The van der Waals surface area contributed by atoms with Gasteiger partial charge in [-0.1, -0.05) is 11.8 Å². The van der Waals surface area contributed by atoms with Crippen LogP contribution in [0.4, 0.5) is 5.69 Å². The van der Waals surface area contributed by atoms with Gasteiger partial charge in [-0.2, -0.15) is 11.8 Å². The molecule has 0 spiro atoms. The average molecular weight is 558 g/mol. The summed E-state index contributed by atoms with van der Waals surface area (Å²) in [7, 11) is 2.89. The Morgan fingerprint density at radius 1 is 1.00 bits per heavy atom. The molecular weight excluding hydrogens is 526 g/mol. The number of nitrogens with one attached hydrogen (secondary N) is 2. The number of carbonyl (C=O) groups excluding carboxylic acids is 3. The van der Waals surface area contributed by atoms with Crippen LogP contribution >= 0.6 is 23.5 Å². The fourth-order valence-electron chi connectivity index (χ4n) is 3.58. The van der Waals surface area contributed by atoms with E-state index in [-0.39, 0.29) is 23.6 Å². The van der Waals surface area contributed by atoms with E-state index in [1.165, 1.54) is 18.9 Å². The van der Waals surface area contributed by atoms with E-state index in [1.54, 1.807) is 67.4 Å². The van der Waals surface area contributed by atoms with Gasteiger partial charge in [0.1, 0.15) is 5.75 Å². The number of esters is 1. The molecule has 3 aromatic rings. The van der Waals surface area contributed by atoms with Crippen LogP contribution in [0.2, 0.25) is 0 Å². The summed E-state index contributed by atoms with van der Waals surface area (Å²) in [6, 6.07) is 13.0. The van der Waals surface area contributed by atoms with E-state index in [0.29, 0.717) is 46.5 Å². The summed E-state index contributed by atoms with van der Waals surface area (Å²) >= 11 is 2.95. The van der Waals surface area contributed by atoms with Crippen molar-refractivity contribution in [3.8, 4) is 5.75 Å². The van der Waals surface area contributed by atoms with Crippen molar-refractivity contribution in [2.75, 3.05) is 37.3 Å². The van der Waals surface area contributed by atoms with Gasteiger partial charge in [0, 0.05) is 17.8 Å². The monoisotopic (exact) mass is 557 g/mol. The predicted molar refractivity (Wildman–Crippen MR) is 149 cm³/mol. The van der Waals surface area contributed by atoms with Gasteiger partial charge in [-0.25, -0.2) is 4.79 Å². The summed E-state index contributed by atoms with van der Waals surface area (Å²) < 4.78 is 11.8. The minimum atomic E-state index is -0.441. The van der Waals surface area contributed by atoms with Crippen LogP contribution in [0.1, 0.15) is 45.9 Å². The van der Waals surface area contributed by atoms with Gasteiger partial charge < -0.3 is 24.7 Å². The Morgan fingerprint density at radius 3 is 2.29 bits per heavy atom. The number of aromatic nitrogens is 3. The van der Waals surface area contributed by atoms with Crippen molar-refractivity contribution >= 4 is 47.0 Å². The normalized spacial score (nSPS) is 11.5. The summed E-state index contributed by atoms with van der Waals surface area (Å²) in [4.78, 5) is 37.1. The van der Waals surface area contributed by atoms with Crippen molar-refractivity contribution in [1.29, 1.82) is 0 Å². The predicted octanol–water partition coefficient (Wildman–Crippen LogP) is 4.05. The number of hydrogen-bond acceptors (Lipinski definition) is 9. The third-order valence-corrected chi connectivity index (χ3v) is 7.17. The van der Waals surface area contributed by atoms with Crippen LogP contribution in [-0.4, -0.2) is 64.5 Å². The molecule has 2 amide bonds. The number of hydrogen-bond donors (Lipinski definition) is 2. The average Bonchev–Trinajstić information content (AvgIpc) is 3.36. The van der Waals surface area contributed by atoms with Crippen molar-refractivity contribution in [2.45, 2.75) is 31.1 Å². The van der Waals surface area contributed by atoms with Gasteiger partial charge in [0.25, 0.3) is 5.91 Å². The largest absolute Gasteiger partial charge is 0.497 e. The maximum Gasteiger partial charge on any atom is 0.337 e. The molecule has 0 unspecified atom stereocenters. The van der Waals surface area contributed by atoms with E-state index >= 15 is 0 Å². The van der Waals surface area contributed by atoms with Crippen LogP contribution in [0.15, 0.2) is 53.7 Å². The molecular formula is C26H31N5O5S2. The summed E-state index contributed by atoms with van der Waals surface area (Å²) in [6.07, 6.45) is 2.68. The van der Waals surface area contributed by atoms with Gasteiger partial charge in [0.05, 0.1) is 31.6 Å². The topological polar surface area (TPSA) is 124 Å². The first-order valence-electron chi connectivity index (χ1n) is 11.9. The number of rotatable bonds is 13. The van der Waals surface area contributed by atoms with Crippen LogP contribution in [0.25, 0.3) is 0 Å². The lowest BCUT2D eigenvalue weighted by Gasteiger charge is -2.19. The van der Waals surface area contributed by atoms with Gasteiger partial charge in [0.2, 0.25) is 5.91 Å². The van der Waals surface area contributed by atoms with Crippen molar-refractivity contribution in [3.63, 3.8) is 0 Å². The van der Waals surface area contributed by atoms with Crippen LogP contribution in [-0.2, 0) is 16.1 Å². The van der Waals surface area contributed by atoms with Crippen molar-refractivity contribution in [3.05, 3.63) is 65.5 Å². The Labute approximate surface area is 230 Å². The van der Waals surface area contributed by atoms with E-state index in [4.69, 9.17) is 4.74 Å². The summed E-state index contributed by atoms with van der Waals surface area (Å²) in [6.45, 7) is 2.55. The molecule has 0 aliphatic carbocycles. The Morgan fingerprint density at radius 2 is 1.68 bits per heavy atom. The molecule has 2 aromatic carbocycles. The second-order valence-electron chi connectivity index (χ2n) is 8.03. The first-order valence-corrected chi connectivity index (χ1v) is 14.3. The smallest absolute Gasteiger partial charge is 0.337 e. The fourth-order valence-corrected chi connectivity index (χ4v) is 4.86. The first-order chi connectivity index (χ1) is 18.4. The highest BCUT2D eigenvalue weighted by Gasteiger charge is 2.23. The number of carbonyl (C=O) groups is 3. The lowest BCUT2D eigenvalue weighted by Crippen LogP contribution is -2.31. The zero-order chi connectivity index (χ0) is 27.5. The van der Waals surface area contributed by atoms with Gasteiger partial charge in [-0.05, 0) is 73.9 Å². The molecule has 38 heavy (non-hydrogen) atoms. The first kappa shape index (κ1) is 29.1. The highest BCUT2D eigenvalue weighted by molar-refractivity contribution is 7.99. The second-order valence-corrected chi connectivity index (χ2v) is 9.95. The Balaban J connectivity index is 1.67. The standard InChI is InChI=1S/C26H31N5O5S2/c1-5-31-23(21(14-15-37-4)28-24(33)17-8-12-20(35-2)13-9-17)29-30-26(31)38-16-22(32)27-19-10-6-18(7-11-19)25(34)36-3/h6-13,21H,5,14-16H2,1-4H3,(H,27,32)(H,28,33)/t21-/m1/s1. The number of methoxy groups -OCH3 is 2. The molecule has 0 aliphatic rings. The molecule has 1 heterocycles. The van der Waals surface area contributed by atoms with E-state index in [2.05, 4.69) is 25.6 Å². The molecule has 12 heteroatoms. The van der Waals surface area contributed by atoms with Crippen molar-refractivity contribution < 1.29 is 23.9 Å². The van der Waals surface area contributed by atoms with Gasteiger partial charge >= 0.3 is 5.97 Å². The lowest BCUT2D eigenvalue weighted by atomic mass is 10.1. The van der Waals surface area contributed by atoms with Gasteiger partial charge in [0.15, 0.2) is 11.0 Å². The summed E-state index contributed by atoms with van der Waals surface area (Å²) in [5.74, 6) is 1.38. The lowest BCUT2D eigenvalue weighted by molar-refractivity contribution is -0.113. The number of thioether (sulfide) groups is 2.